The first kappa shape index (κ1) is 12.7. The quantitative estimate of drug-likeness (QED) is 0.877. The monoisotopic (exact) mass is 321 g/mol. The number of aromatic nitrogens is 2. The molecule has 1 aliphatic rings. The van der Waals surface area contributed by atoms with Crippen molar-refractivity contribution in [2.75, 3.05) is 6.54 Å². The molecule has 1 aliphatic heterocycles. The molecule has 0 bridgehead atoms. The van der Waals surface area contributed by atoms with Crippen LogP contribution >= 0.6 is 15.9 Å². The Morgan fingerprint density at radius 3 is 2.89 bits per heavy atom. The largest absolute Gasteiger partial charge is 0.311 e. The normalized spacial score (nSPS) is 14.3. The van der Waals surface area contributed by atoms with Gasteiger partial charge in [-0.3, -0.25) is 0 Å². The first-order valence-electron chi connectivity index (χ1n) is 6.17. The van der Waals surface area contributed by atoms with E-state index in [4.69, 9.17) is 0 Å². The Kier molecular flexibility index (Phi) is 3.33. The smallest absolute Gasteiger partial charge is 0.159 e. The summed E-state index contributed by atoms with van der Waals surface area (Å²) < 4.78 is 14.1. The Labute approximate surface area is 119 Å². The third kappa shape index (κ3) is 2.53. The zero-order chi connectivity index (χ0) is 13.4. The second-order valence-electron chi connectivity index (χ2n) is 4.64. The molecule has 3 rings (SSSR count). The summed E-state index contributed by atoms with van der Waals surface area (Å²) >= 11 is 3.30. The predicted octanol–water partition coefficient (Wildman–Crippen LogP) is 3.00. The highest BCUT2D eigenvalue weighted by molar-refractivity contribution is 9.10. The molecule has 2 heterocycles. The summed E-state index contributed by atoms with van der Waals surface area (Å²) in [6.07, 6.45) is 0.953. The molecule has 1 N–H and O–H groups in total. The Bertz CT molecular complexity index is 623. The van der Waals surface area contributed by atoms with Crippen molar-refractivity contribution < 1.29 is 4.39 Å². The van der Waals surface area contributed by atoms with Gasteiger partial charge in [0.25, 0.3) is 0 Å². The second-order valence-corrected chi connectivity index (χ2v) is 5.56. The first-order chi connectivity index (χ1) is 9.13. The first-order valence-corrected chi connectivity index (χ1v) is 6.96. The molecule has 0 atom stereocenters. The highest BCUT2D eigenvalue weighted by Gasteiger charge is 2.16. The number of halogens is 2. The van der Waals surface area contributed by atoms with Crippen molar-refractivity contribution in [3.8, 4) is 11.4 Å². The maximum Gasteiger partial charge on any atom is 0.159 e. The molecular formula is C14H13BrFN3. The standard InChI is InChI=1S/C14H13BrFN3/c1-8-12-2-3-17-7-13(12)19-14(18-8)9-4-10(15)6-11(16)5-9/h4-6,17H,2-3,7H2,1H3. The molecule has 0 saturated carbocycles. The van der Waals surface area contributed by atoms with Crippen molar-refractivity contribution in [3.63, 3.8) is 0 Å². The van der Waals surface area contributed by atoms with Crippen LogP contribution in [0.4, 0.5) is 4.39 Å². The Balaban J connectivity index is 2.12. The highest BCUT2D eigenvalue weighted by Crippen LogP contribution is 2.24. The lowest BCUT2D eigenvalue weighted by molar-refractivity contribution is 0.619. The minimum absolute atomic E-state index is 0.290. The Hall–Kier alpha value is -1.33. The topological polar surface area (TPSA) is 37.8 Å². The molecule has 1 aromatic carbocycles. The van der Waals surface area contributed by atoms with E-state index in [0.29, 0.717) is 15.9 Å². The van der Waals surface area contributed by atoms with Gasteiger partial charge in [-0.15, -0.1) is 0 Å². The summed E-state index contributed by atoms with van der Waals surface area (Å²) in [6, 6.07) is 4.72. The molecule has 0 unspecified atom stereocenters. The number of nitrogens with one attached hydrogen (secondary N) is 1. The zero-order valence-corrected chi connectivity index (χ0v) is 12.1. The fraction of sp³-hybridized carbons (Fsp3) is 0.286. The van der Waals surface area contributed by atoms with E-state index in [1.807, 2.05) is 13.0 Å². The van der Waals surface area contributed by atoms with E-state index in [0.717, 1.165) is 30.9 Å². The number of aryl methyl sites for hydroxylation is 1. The number of hydrogen-bond acceptors (Lipinski definition) is 3. The average molecular weight is 322 g/mol. The molecule has 2 aromatic rings. The van der Waals surface area contributed by atoms with Crippen LogP contribution in [0.5, 0.6) is 0 Å². The molecule has 0 amide bonds. The van der Waals surface area contributed by atoms with Crippen LogP contribution in [0.3, 0.4) is 0 Å². The Morgan fingerprint density at radius 2 is 2.11 bits per heavy atom. The van der Waals surface area contributed by atoms with Gasteiger partial charge >= 0.3 is 0 Å². The van der Waals surface area contributed by atoms with Crippen LogP contribution in [-0.4, -0.2) is 16.5 Å². The average Bonchev–Trinajstić information content (AvgIpc) is 2.37. The van der Waals surface area contributed by atoms with Gasteiger partial charge in [0.1, 0.15) is 5.82 Å². The van der Waals surface area contributed by atoms with Crippen molar-refractivity contribution in [1.29, 1.82) is 0 Å². The summed E-state index contributed by atoms with van der Waals surface area (Å²) in [5, 5.41) is 3.30. The predicted molar refractivity (Wildman–Crippen MR) is 75.3 cm³/mol. The zero-order valence-electron chi connectivity index (χ0n) is 10.5. The van der Waals surface area contributed by atoms with Crippen molar-refractivity contribution in [1.82, 2.24) is 15.3 Å². The highest BCUT2D eigenvalue weighted by atomic mass is 79.9. The third-order valence-corrected chi connectivity index (χ3v) is 3.72. The summed E-state index contributed by atoms with van der Waals surface area (Å²) in [4.78, 5) is 9.08. The molecule has 0 fully saturated rings. The van der Waals surface area contributed by atoms with Crippen molar-refractivity contribution in [2.24, 2.45) is 0 Å². The van der Waals surface area contributed by atoms with Crippen molar-refractivity contribution in [2.45, 2.75) is 19.9 Å². The summed E-state index contributed by atoms with van der Waals surface area (Å²) in [6.45, 7) is 3.70. The van der Waals surface area contributed by atoms with Crippen LogP contribution in [0.25, 0.3) is 11.4 Å². The van der Waals surface area contributed by atoms with E-state index < -0.39 is 0 Å². The van der Waals surface area contributed by atoms with Gasteiger partial charge in [0, 0.05) is 22.3 Å². The van der Waals surface area contributed by atoms with E-state index >= 15 is 0 Å². The van der Waals surface area contributed by atoms with E-state index in [1.165, 1.54) is 17.7 Å². The molecule has 0 aliphatic carbocycles. The lowest BCUT2D eigenvalue weighted by atomic mass is 10.0. The lowest BCUT2D eigenvalue weighted by Gasteiger charge is -2.18. The fourth-order valence-corrected chi connectivity index (χ4v) is 2.82. The molecule has 19 heavy (non-hydrogen) atoms. The summed E-state index contributed by atoms with van der Waals surface area (Å²) in [5.74, 6) is 0.293. The molecule has 0 radical (unpaired) electrons. The maximum absolute atomic E-state index is 13.5. The van der Waals surface area contributed by atoms with E-state index in [1.54, 1.807) is 0 Å². The Morgan fingerprint density at radius 1 is 1.26 bits per heavy atom. The van der Waals surface area contributed by atoms with Gasteiger partial charge in [0.2, 0.25) is 0 Å². The van der Waals surface area contributed by atoms with Gasteiger partial charge in [-0.25, -0.2) is 14.4 Å². The molecule has 0 saturated heterocycles. The fourth-order valence-electron chi connectivity index (χ4n) is 2.36. The SMILES string of the molecule is Cc1nc(-c2cc(F)cc(Br)c2)nc2c1CCNC2. The molecular weight excluding hydrogens is 309 g/mol. The number of hydrogen-bond donors (Lipinski definition) is 1. The third-order valence-electron chi connectivity index (χ3n) is 3.26. The minimum Gasteiger partial charge on any atom is -0.311 e. The minimum atomic E-state index is -0.290. The molecule has 3 nitrogen and oxygen atoms in total. The molecule has 0 spiro atoms. The number of benzene rings is 1. The van der Waals surface area contributed by atoms with E-state index in [-0.39, 0.29) is 5.82 Å². The number of rotatable bonds is 1. The van der Waals surface area contributed by atoms with Gasteiger partial charge in [-0.2, -0.15) is 0 Å². The summed E-state index contributed by atoms with van der Waals surface area (Å²) in [7, 11) is 0. The van der Waals surface area contributed by atoms with E-state index in [2.05, 4.69) is 31.2 Å². The molecule has 5 heteroatoms. The second kappa shape index (κ2) is 4.98. The van der Waals surface area contributed by atoms with Gasteiger partial charge < -0.3 is 5.32 Å². The van der Waals surface area contributed by atoms with Gasteiger partial charge in [0.05, 0.1) is 5.69 Å². The van der Waals surface area contributed by atoms with Gasteiger partial charge in [-0.05, 0) is 43.7 Å². The van der Waals surface area contributed by atoms with Crippen LogP contribution in [0.15, 0.2) is 22.7 Å². The maximum atomic E-state index is 13.5. The van der Waals surface area contributed by atoms with Crippen LogP contribution in [0.1, 0.15) is 17.0 Å². The number of fused-ring (bicyclic) bond motifs is 1. The lowest BCUT2D eigenvalue weighted by Crippen LogP contribution is -2.26. The summed E-state index contributed by atoms with van der Waals surface area (Å²) in [5.41, 5.74) is 3.93. The van der Waals surface area contributed by atoms with Crippen LogP contribution in [-0.2, 0) is 13.0 Å². The van der Waals surface area contributed by atoms with Crippen LogP contribution in [0, 0.1) is 12.7 Å². The van der Waals surface area contributed by atoms with Crippen LogP contribution < -0.4 is 5.32 Å². The van der Waals surface area contributed by atoms with Crippen LogP contribution in [0.2, 0.25) is 0 Å². The van der Waals surface area contributed by atoms with Gasteiger partial charge in [0.15, 0.2) is 5.82 Å². The van der Waals surface area contributed by atoms with Crippen molar-refractivity contribution in [3.05, 3.63) is 45.4 Å². The van der Waals surface area contributed by atoms with Crippen molar-refractivity contribution >= 4 is 15.9 Å². The van der Waals surface area contributed by atoms with E-state index in [9.17, 15) is 4.39 Å². The molecule has 98 valence electrons. The molecule has 1 aromatic heterocycles. The number of nitrogens with zero attached hydrogens (tertiary/aromatic N) is 2. The van der Waals surface area contributed by atoms with Gasteiger partial charge in [-0.1, -0.05) is 15.9 Å².